The van der Waals surface area contributed by atoms with Gasteiger partial charge < -0.3 is 5.11 Å². The molecular weight excluding hydrogens is 258 g/mol. The molecule has 1 aliphatic carbocycles. The molecule has 0 spiro atoms. The van der Waals surface area contributed by atoms with Crippen molar-refractivity contribution >= 4 is 17.3 Å². The van der Waals surface area contributed by atoms with Gasteiger partial charge in [0.25, 0.3) is 0 Å². The molecule has 0 saturated carbocycles. The first kappa shape index (κ1) is 12.4. The highest BCUT2D eigenvalue weighted by Crippen LogP contribution is 2.40. The minimum absolute atomic E-state index is 0.546. The average Bonchev–Trinajstić information content (AvgIpc) is 2.91. The van der Waals surface area contributed by atoms with Crippen LogP contribution in [0.5, 0.6) is 0 Å². The maximum atomic E-state index is 11.9. The third-order valence-corrected chi connectivity index (χ3v) is 4.73. The van der Waals surface area contributed by atoms with Gasteiger partial charge in [0.15, 0.2) is 0 Å². The Hall–Kier alpha value is -1.68. The van der Waals surface area contributed by atoms with Gasteiger partial charge in [0.1, 0.15) is 0 Å². The fourth-order valence-corrected chi connectivity index (χ4v) is 3.74. The van der Waals surface area contributed by atoms with Crippen LogP contribution in [0.1, 0.15) is 28.8 Å². The number of aryl methyl sites for hydroxylation is 1. The number of benzene rings is 1. The molecule has 0 radical (unpaired) electrons. The van der Waals surface area contributed by atoms with Gasteiger partial charge in [-0.1, -0.05) is 24.3 Å². The smallest absolute Gasteiger partial charge is 0.314 e. The first-order valence-corrected chi connectivity index (χ1v) is 7.29. The number of fused-ring (bicyclic) bond motifs is 1. The number of hydrogen-bond acceptors (Lipinski definition) is 3. The number of rotatable bonds is 3. The molecule has 1 aliphatic rings. The molecule has 1 unspecified atom stereocenters. The van der Waals surface area contributed by atoms with E-state index in [0.717, 1.165) is 23.3 Å². The van der Waals surface area contributed by atoms with Crippen LogP contribution in [0.15, 0.2) is 36.0 Å². The van der Waals surface area contributed by atoms with Gasteiger partial charge in [0.05, 0.1) is 10.9 Å². The van der Waals surface area contributed by atoms with Crippen LogP contribution in [0.4, 0.5) is 0 Å². The van der Waals surface area contributed by atoms with E-state index in [-0.39, 0.29) is 0 Å². The molecule has 3 rings (SSSR count). The summed E-state index contributed by atoms with van der Waals surface area (Å²) in [5.41, 5.74) is 3.16. The summed E-state index contributed by atoms with van der Waals surface area (Å²) in [7, 11) is 0. The van der Waals surface area contributed by atoms with E-state index in [0.29, 0.717) is 12.8 Å². The predicted octanol–water partition coefficient (Wildman–Crippen LogP) is 3.04. The minimum Gasteiger partial charge on any atom is -0.481 e. The van der Waals surface area contributed by atoms with Crippen LogP contribution in [-0.2, 0) is 23.1 Å². The molecule has 0 saturated heterocycles. The van der Waals surface area contributed by atoms with Gasteiger partial charge in [0.2, 0.25) is 0 Å². The summed E-state index contributed by atoms with van der Waals surface area (Å²) < 4.78 is 0. The van der Waals surface area contributed by atoms with Gasteiger partial charge in [-0.3, -0.25) is 9.78 Å². The number of aliphatic carboxylic acids is 1. The summed E-state index contributed by atoms with van der Waals surface area (Å²) in [5, 5.41) is 9.82. The summed E-state index contributed by atoms with van der Waals surface area (Å²) in [6, 6.07) is 7.96. The van der Waals surface area contributed by atoms with Crippen LogP contribution in [-0.4, -0.2) is 16.1 Å². The SMILES string of the molecule is O=C(O)C1(Cc2cncs2)CCCc2ccccc21. The highest BCUT2D eigenvalue weighted by Gasteiger charge is 2.43. The van der Waals surface area contributed by atoms with E-state index in [1.54, 1.807) is 11.7 Å². The molecule has 0 bridgehead atoms. The van der Waals surface area contributed by atoms with Crippen LogP contribution in [0, 0.1) is 0 Å². The van der Waals surface area contributed by atoms with E-state index in [9.17, 15) is 9.90 Å². The second-order valence-corrected chi connectivity index (χ2v) is 6.01. The van der Waals surface area contributed by atoms with Crippen molar-refractivity contribution in [2.24, 2.45) is 0 Å². The van der Waals surface area contributed by atoms with E-state index in [2.05, 4.69) is 11.1 Å². The van der Waals surface area contributed by atoms with Crippen LogP contribution < -0.4 is 0 Å². The van der Waals surface area contributed by atoms with Crippen LogP contribution in [0.3, 0.4) is 0 Å². The summed E-state index contributed by atoms with van der Waals surface area (Å²) in [4.78, 5) is 17.1. The van der Waals surface area contributed by atoms with Crippen LogP contribution >= 0.6 is 11.3 Å². The summed E-state index contributed by atoms with van der Waals surface area (Å²) in [5.74, 6) is -0.715. The third-order valence-electron chi connectivity index (χ3n) is 3.95. The first-order chi connectivity index (χ1) is 9.22. The fourth-order valence-electron chi connectivity index (χ4n) is 3.03. The van der Waals surface area contributed by atoms with E-state index < -0.39 is 11.4 Å². The molecule has 4 heteroatoms. The van der Waals surface area contributed by atoms with Gasteiger partial charge >= 0.3 is 5.97 Å². The number of carbonyl (C=O) groups is 1. The molecule has 98 valence electrons. The van der Waals surface area contributed by atoms with Crippen molar-refractivity contribution in [2.45, 2.75) is 31.1 Å². The monoisotopic (exact) mass is 273 g/mol. The van der Waals surface area contributed by atoms with Crippen molar-refractivity contribution in [2.75, 3.05) is 0 Å². The van der Waals surface area contributed by atoms with Crippen molar-refractivity contribution < 1.29 is 9.90 Å². The standard InChI is InChI=1S/C15H15NO2S/c17-14(18)15(8-12-9-16-10-19-12)7-3-5-11-4-1-2-6-13(11)15/h1-2,4,6,9-10H,3,5,7-8H2,(H,17,18). The first-order valence-electron chi connectivity index (χ1n) is 6.41. The molecule has 1 N–H and O–H groups in total. The lowest BCUT2D eigenvalue weighted by molar-refractivity contribution is -0.144. The predicted molar refractivity (Wildman–Crippen MR) is 74.5 cm³/mol. The number of carboxylic acids is 1. The van der Waals surface area contributed by atoms with E-state index >= 15 is 0 Å². The third kappa shape index (κ3) is 2.06. The molecule has 1 atom stereocenters. The zero-order valence-electron chi connectivity index (χ0n) is 10.5. The maximum absolute atomic E-state index is 11.9. The molecular formula is C15H15NO2S. The van der Waals surface area contributed by atoms with Crippen molar-refractivity contribution in [3.8, 4) is 0 Å². The molecule has 3 nitrogen and oxygen atoms in total. The summed E-state index contributed by atoms with van der Waals surface area (Å²) in [6.07, 6.45) is 4.95. The van der Waals surface area contributed by atoms with E-state index in [4.69, 9.17) is 0 Å². The number of carboxylic acid groups (broad SMARTS) is 1. The Balaban J connectivity index is 2.09. The van der Waals surface area contributed by atoms with Crippen molar-refractivity contribution in [1.29, 1.82) is 0 Å². The lowest BCUT2D eigenvalue weighted by Gasteiger charge is -2.35. The number of aromatic nitrogens is 1. The minimum atomic E-state index is -0.776. The molecule has 0 aliphatic heterocycles. The Morgan fingerprint density at radius 3 is 3.00 bits per heavy atom. The molecule has 1 aromatic carbocycles. The molecule has 2 aromatic rings. The topological polar surface area (TPSA) is 50.2 Å². The Kier molecular flexibility index (Phi) is 3.11. The highest BCUT2D eigenvalue weighted by atomic mass is 32.1. The lowest BCUT2D eigenvalue weighted by Crippen LogP contribution is -2.41. The quantitative estimate of drug-likeness (QED) is 0.935. The van der Waals surface area contributed by atoms with Gasteiger partial charge in [-0.05, 0) is 30.4 Å². The van der Waals surface area contributed by atoms with Crippen molar-refractivity contribution in [3.63, 3.8) is 0 Å². The average molecular weight is 273 g/mol. The Bertz CT molecular complexity index is 594. The molecule has 1 heterocycles. The highest BCUT2D eigenvalue weighted by molar-refractivity contribution is 7.09. The van der Waals surface area contributed by atoms with E-state index in [1.165, 1.54) is 16.9 Å². The zero-order valence-corrected chi connectivity index (χ0v) is 11.3. The fraction of sp³-hybridized carbons (Fsp3) is 0.333. The normalized spacial score (nSPS) is 21.9. The van der Waals surface area contributed by atoms with Crippen LogP contribution in [0.25, 0.3) is 0 Å². The maximum Gasteiger partial charge on any atom is 0.314 e. The second-order valence-electron chi connectivity index (χ2n) is 5.04. The number of hydrogen-bond donors (Lipinski definition) is 1. The van der Waals surface area contributed by atoms with Gasteiger partial charge in [-0.25, -0.2) is 0 Å². The summed E-state index contributed by atoms with van der Waals surface area (Å²) in [6.45, 7) is 0. The zero-order chi connectivity index (χ0) is 13.3. The Morgan fingerprint density at radius 2 is 2.26 bits per heavy atom. The van der Waals surface area contributed by atoms with Gasteiger partial charge in [-0.15, -0.1) is 11.3 Å². The van der Waals surface area contributed by atoms with E-state index in [1.807, 2.05) is 18.2 Å². The largest absolute Gasteiger partial charge is 0.481 e. The lowest BCUT2D eigenvalue weighted by atomic mass is 9.68. The van der Waals surface area contributed by atoms with Gasteiger partial charge in [0, 0.05) is 17.5 Å². The summed E-state index contributed by atoms with van der Waals surface area (Å²) >= 11 is 1.53. The molecule has 1 aromatic heterocycles. The Labute approximate surface area is 115 Å². The molecule has 19 heavy (non-hydrogen) atoms. The van der Waals surface area contributed by atoms with Crippen molar-refractivity contribution in [3.05, 3.63) is 52.0 Å². The molecule has 0 fully saturated rings. The number of thiazole rings is 1. The van der Waals surface area contributed by atoms with Gasteiger partial charge in [-0.2, -0.15) is 0 Å². The Morgan fingerprint density at radius 1 is 1.42 bits per heavy atom. The number of nitrogens with zero attached hydrogens (tertiary/aromatic N) is 1. The van der Waals surface area contributed by atoms with Crippen molar-refractivity contribution in [1.82, 2.24) is 4.98 Å². The molecule has 0 amide bonds. The second kappa shape index (κ2) is 4.78. The van der Waals surface area contributed by atoms with Crippen LogP contribution in [0.2, 0.25) is 0 Å².